The summed E-state index contributed by atoms with van der Waals surface area (Å²) in [6, 6.07) is -8.06. The van der Waals surface area contributed by atoms with Gasteiger partial charge in [0.05, 0.1) is 55.2 Å². The van der Waals surface area contributed by atoms with Crippen LogP contribution in [0, 0.1) is 0 Å². The monoisotopic (exact) mass is 504 g/mol. The molecule has 0 radical (unpaired) electrons. The van der Waals surface area contributed by atoms with Crippen molar-refractivity contribution in [2.24, 2.45) is 0 Å². The quantitative estimate of drug-likeness (QED) is 0.227. The third-order valence-corrected chi connectivity index (χ3v) is 6.35. The van der Waals surface area contributed by atoms with Crippen molar-refractivity contribution in [3.05, 3.63) is 145 Å². The van der Waals surface area contributed by atoms with E-state index in [0.717, 1.165) is 4.57 Å². The minimum Gasteiger partial charge on any atom is -0.309 e. The Labute approximate surface area is 248 Å². The van der Waals surface area contributed by atoms with E-state index in [1.807, 2.05) is 0 Å². The molecular formula is C36H24N2. The number of hydrogen-bond donors (Lipinski definition) is 0. The summed E-state index contributed by atoms with van der Waals surface area (Å²) in [6.07, 6.45) is 0. The molecule has 0 spiro atoms. The zero-order valence-corrected chi connectivity index (χ0v) is 19.2. The van der Waals surface area contributed by atoms with E-state index in [9.17, 15) is 2.74 Å². The number of aromatic nitrogens is 2. The fraction of sp³-hybridized carbons (Fsp3) is 0. The van der Waals surface area contributed by atoms with E-state index in [1.165, 1.54) is 28.8 Å². The summed E-state index contributed by atoms with van der Waals surface area (Å²) in [5, 5.41) is -1.32. The molecule has 38 heavy (non-hydrogen) atoms. The van der Waals surface area contributed by atoms with Crippen LogP contribution in [-0.4, -0.2) is 9.13 Å². The van der Waals surface area contributed by atoms with Crippen molar-refractivity contribution in [1.82, 2.24) is 9.13 Å². The smallest absolute Gasteiger partial charge is 0.0645 e. The van der Waals surface area contributed by atoms with Crippen LogP contribution in [0.1, 0.15) is 27.4 Å². The van der Waals surface area contributed by atoms with Gasteiger partial charge in [-0.25, -0.2) is 0 Å². The first-order valence-corrected chi connectivity index (χ1v) is 11.4. The molecule has 2 heteroatoms. The van der Waals surface area contributed by atoms with E-state index in [0.29, 0.717) is 0 Å². The predicted octanol–water partition coefficient (Wildman–Crippen LogP) is 9.55. The lowest BCUT2D eigenvalue weighted by Crippen LogP contribution is -1.96. The Bertz CT molecular complexity index is 3130. The molecular weight excluding hydrogens is 460 g/mol. The van der Waals surface area contributed by atoms with Crippen molar-refractivity contribution in [2.75, 3.05) is 0 Å². The van der Waals surface area contributed by atoms with E-state index >= 15 is 0 Å². The van der Waals surface area contributed by atoms with Crippen LogP contribution in [0.5, 0.6) is 0 Å². The van der Waals surface area contributed by atoms with Gasteiger partial charge in [-0.2, -0.15) is 0 Å². The molecule has 0 saturated heterocycles. The topological polar surface area (TPSA) is 9.86 Å². The number of benzene rings is 6. The molecule has 8 rings (SSSR count). The van der Waals surface area contributed by atoms with Crippen LogP contribution in [-0.2, 0) is 0 Å². The Kier molecular flexibility index (Phi) is 2.02. The van der Waals surface area contributed by atoms with Crippen molar-refractivity contribution in [3.8, 4) is 22.5 Å². The highest BCUT2D eigenvalue weighted by Crippen LogP contribution is 2.40. The maximum absolute atomic E-state index is 9.34. The number of para-hydroxylation sites is 3. The summed E-state index contributed by atoms with van der Waals surface area (Å²) in [7, 11) is 0. The van der Waals surface area contributed by atoms with Crippen molar-refractivity contribution in [1.29, 1.82) is 0 Å². The van der Waals surface area contributed by atoms with Crippen molar-refractivity contribution < 1.29 is 27.4 Å². The molecule has 0 atom stereocenters. The minimum atomic E-state index is -0.791. The standard InChI is InChI=1S/C36H24N2/c1-2-12-25(13-3-1)26-14-10-15-27(24-26)37-33-21-9-6-18-30(33)36-34(37)22-11-23-35(36)38-31-19-7-4-16-28(31)29-17-5-8-20-32(29)38/h1-24H/i1D,2D,3D,4D,5D,6D,7D,8D,9D,11D,12D,13D,16D,17D,18D,19D,20D,21D,22D,23D. The van der Waals surface area contributed by atoms with E-state index in [1.54, 1.807) is 0 Å². The first kappa shape index (κ1) is 9.34. The molecule has 0 aliphatic rings. The molecule has 0 saturated carbocycles. The second-order valence-corrected chi connectivity index (χ2v) is 8.34. The number of hydrogen-bond acceptors (Lipinski definition) is 0. The fourth-order valence-corrected chi connectivity index (χ4v) is 4.82. The third-order valence-electron chi connectivity index (χ3n) is 6.35. The van der Waals surface area contributed by atoms with Gasteiger partial charge in [0.25, 0.3) is 0 Å². The SMILES string of the molecule is [2H]c1c([2H])c([2H])c(-c2cccc(-n3c4c([2H])c([2H])c([2H])c([2H])c4c4c(-n5c6c([2H])c([2H])c([2H])c([2H])c6c6c([2H])c([2H])c([2H])c([2H])c65)c([2H])c([2H])c([2H])c43)c2)c([2H])c1[2H]. The zero-order chi connectivity index (χ0) is 42.5. The molecule has 6 aromatic carbocycles. The Morgan fingerprint density at radius 3 is 1.74 bits per heavy atom. The van der Waals surface area contributed by atoms with E-state index in [4.69, 9.17) is 24.7 Å². The van der Waals surface area contributed by atoms with Gasteiger partial charge in [0.15, 0.2) is 0 Å². The maximum Gasteiger partial charge on any atom is 0.0645 e. The average molecular weight is 505 g/mol. The molecule has 0 N–H and O–H groups in total. The molecule has 8 aromatic rings. The molecule has 2 aromatic heterocycles. The summed E-state index contributed by atoms with van der Waals surface area (Å²) in [6.45, 7) is 0. The van der Waals surface area contributed by atoms with Crippen LogP contribution >= 0.6 is 0 Å². The Hall–Kier alpha value is -5.08. The molecule has 0 amide bonds. The highest BCUT2D eigenvalue weighted by Gasteiger charge is 2.19. The number of rotatable bonds is 3. The van der Waals surface area contributed by atoms with Crippen LogP contribution in [0.15, 0.2) is 145 Å². The van der Waals surface area contributed by atoms with Gasteiger partial charge < -0.3 is 9.13 Å². The Morgan fingerprint density at radius 1 is 0.447 bits per heavy atom. The maximum atomic E-state index is 9.34. The number of fused-ring (bicyclic) bond motifs is 6. The highest BCUT2D eigenvalue weighted by atomic mass is 15.0. The van der Waals surface area contributed by atoms with Gasteiger partial charge in [0, 0.05) is 27.2 Å². The first-order valence-electron chi connectivity index (χ1n) is 21.4. The van der Waals surface area contributed by atoms with Gasteiger partial charge in [-0.15, -0.1) is 0 Å². The van der Waals surface area contributed by atoms with Crippen molar-refractivity contribution in [3.63, 3.8) is 0 Å². The molecule has 0 aliphatic heterocycles. The predicted molar refractivity (Wildman–Crippen MR) is 161 cm³/mol. The molecule has 2 nitrogen and oxygen atoms in total. The summed E-state index contributed by atoms with van der Waals surface area (Å²) < 4.78 is 177. The molecule has 2 heterocycles. The van der Waals surface area contributed by atoms with Gasteiger partial charge in [-0.3, -0.25) is 0 Å². The summed E-state index contributed by atoms with van der Waals surface area (Å²) in [5.74, 6) is 0. The molecule has 0 aliphatic carbocycles. The normalized spacial score (nSPS) is 19.1. The lowest BCUT2D eigenvalue weighted by molar-refractivity contribution is 1.17. The minimum absolute atomic E-state index is 0.0250. The van der Waals surface area contributed by atoms with Crippen LogP contribution in [0.2, 0.25) is 0 Å². The third kappa shape index (κ3) is 3.01. The van der Waals surface area contributed by atoms with Gasteiger partial charge >= 0.3 is 0 Å². The van der Waals surface area contributed by atoms with Gasteiger partial charge in [-0.05, 0) is 53.5 Å². The van der Waals surface area contributed by atoms with Gasteiger partial charge in [0.1, 0.15) is 0 Å². The molecule has 0 bridgehead atoms. The van der Waals surface area contributed by atoms with Crippen LogP contribution in [0.25, 0.3) is 66.1 Å². The van der Waals surface area contributed by atoms with Crippen molar-refractivity contribution in [2.45, 2.75) is 0 Å². The second kappa shape index (κ2) is 8.22. The first-order chi connectivity index (χ1) is 27.2. The van der Waals surface area contributed by atoms with Crippen LogP contribution in [0.4, 0.5) is 0 Å². The Balaban J connectivity index is 1.68. The van der Waals surface area contributed by atoms with Crippen LogP contribution < -0.4 is 0 Å². The summed E-state index contributed by atoms with van der Waals surface area (Å²) in [4.78, 5) is 0. The highest BCUT2D eigenvalue weighted by molar-refractivity contribution is 6.16. The molecule has 0 fully saturated rings. The largest absolute Gasteiger partial charge is 0.309 e. The average Bonchev–Trinajstić information content (AvgIpc) is 3.75. The van der Waals surface area contributed by atoms with E-state index in [2.05, 4.69) is 0 Å². The van der Waals surface area contributed by atoms with Gasteiger partial charge in [0.2, 0.25) is 0 Å². The fourth-order valence-electron chi connectivity index (χ4n) is 4.82. The van der Waals surface area contributed by atoms with Crippen molar-refractivity contribution >= 4 is 43.6 Å². The molecule has 0 unspecified atom stereocenters. The second-order valence-electron chi connectivity index (χ2n) is 8.34. The van der Waals surface area contributed by atoms with Crippen LogP contribution in [0.3, 0.4) is 0 Å². The number of nitrogens with zero attached hydrogens (tertiary/aromatic N) is 2. The summed E-state index contributed by atoms with van der Waals surface area (Å²) >= 11 is 0. The van der Waals surface area contributed by atoms with E-state index in [-0.39, 0.29) is 49.4 Å². The lowest BCUT2D eigenvalue weighted by Gasteiger charge is -2.12. The molecule has 178 valence electrons. The van der Waals surface area contributed by atoms with Gasteiger partial charge in [-0.1, -0.05) is 103 Å². The summed E-state index contributed by atoms with van der Waals surface area (Å²) in [5.41, 5.74) is -2.04. The van der Waals surface area contributed by atoms with E-state index < -0.39 is 138 Å². The lowest BCUT2D eigenvalue weighted by atomic mass is 10.1. The zero-order valence-electron chi connectivity index (χ0n) is 39.2. The Morgan fingerprint density at radius 2 is 1.03 bits per heavy atom.